The Morgan fingerprint density at radius 3 is 2.63 bits per heavy atom. The molecular weight excluding hydrogens is 300 g/mol. The summed E-state index contributed by atoms with van der Waals surface area (Å²) in [6.07, 6.45) is 7.19. The van der Waals surface area contributed by atoms with Crippen molar-refractivity contribution in [3.63, 3.8) is 0 Å². The lowest BCUT2D eigenvalue weighted by molar-refractivity contribution is 0.528. The van der Waals surface area contributed by atoms with Crippen molar-refractivity contribution in [3.05, 3.63) is 58.3 Å². The Balaban J connectivity index is 1.72. The summed E-state index contributed by atoms with van der Waals surface area (Å²) in [5.41, 5.74) is 2.75. The Bertz CT molecular complexity index is 540. The Morgan fingerprint density at radius 2 is 2.00 bits per heavy atom. The maximum atomic E-state index is 3.47. The van der Waals surface area contributed by atoms with Crippen LogP contribution in [0.5, 0.6) is 0 Å². The average molecular weight is 319 g/mol. The first-order valence-corrected chi connectivity index (χ1v) is 7.63. The molecule has 1 heterocycles. The summed E-state index contributed by atoms with van der Waals surface area (Å²) in [7, 11) is 2.06. The van der Waals surface area contributed by atoms with Crippen molar-refractivity contribution in [2.75, 3.05) is 7.05 Å². The molecule has 0 bridgehead atoms. The predicted octanol–water partition coefficient (Wildman–Crippen LogP) is 3.97. The summed E-state index contributed by atoms with van der Waals surface area (Å²) in [6, 6.07) is 11.3. The van der Waals surface area contributed by atoms with Crippen LogP contribution in [0.3, 0.4) is 0 Å². The van der Waals surface area contributed by atoms with Crippen LogP contribution in [-0.4, -0.2) is 11.6 Å². The van der Waals surface area contributed by atoms with Crippen molar-refractivity contribution in [2.45, 2.75) is 25.4 Å². The summed E-state index contributed by atoms with van der Waals surface area (Å²) in [4.78, 5) is 0. The van der Waals surface area contributed by atoms with Gasteiger partial charge in [0.05, 0.1) is 0 Å². The van der Waals surface area contributed by atoms with Crippen molar-refractivity contribution in [2.24, 2.45) is 5.92 Å². The molecule has 2 aromatic rings. The van der Waals surface area contributed by atoms with E-state index in [1.54, 1.807) is 0 Å². The second-order valence-electron chi connectivity index (χ2n) is 5.35. The van der Waals surface area contributed by atoms with Gasteiger partial charge in [-0.05, 0) is 55.1 Å². The van der Waals surface area contributed by atoms with E-state index in [1.807, 2.05) is 0 Å². The fraction of sp³-hybridized carbons (Fsp3) is 0.375. The van der Waals surface area contributed by atoms with Crippen LogP contribution >= 0.6 is 15.9 Å². The highest BCUT2D eigenvalue weighted by Gasteiger charge is 2.31. The third-order valence-corrected chi connectivity index (χ3v) is 4.34. The molecule has 1 N–H and O–H groups in total. The van der Waals surface area contributed by atoms with Gasteiger partial charge >= 0.3 is 0 Å². The van der Waals surface area contributed by atoms with Crippen molar-refractivity contribution < 1.29 is 0 Å². The van der Waals surface area contributed by atoms with Crippen molar-refractivity contribution >= 4 is 15.9 Å². The lowest BCUT2D eigenvalue weighted by Gasteiger charge is -2.13. The fourth-order valence-electron chi connectivity index (χ4n) is 2.65. The number of aromatic nitrogens is 1. The molecule has 0 amide bonds. The minimum atomic E-state index is 0.533. The Labute approximate surface area is 123 Å². The monoisotopic (exact) mass is 318 g/mol. The van der Waals surface area contributed by atoms with Gasteiger partial charge < -0.3 is 9.88 Å². The van der Waals surface area contributed by atoms with Crippen LogP contribution in [0.15, 0.2) is 47.2 Å². The van der Waals surface area contributed by atoms with Gasteiger partial charge in [-0.25, -0.2) is 0 Å². The average Bonchev–Trinajstić information content (AvgIpc) is 3.14. The summed E-state index contributed by atoms with van der Waals surface area (Å²) in [5.74, 6) is 0.841. The van der Waals surface area contributed by atoms with Gasteiger partial charge in [-0.2, -0.15) is 0 Å². The van der Waals surface area contributed by atoms with Gasteiger partial charge in [-0.3, -0.25) is 0 Å². The highest BCUT2D eigenvalue weighted by atomic mass is 79.9. The molecule has 1 aromatic carbocycles. The standard InChI is InChI=1S/C16H19BrN2/c1-18-16(13-4-5-13)14-8-9-19(11-14)10-12-2-6-15(17)7-3-12/h2-3,6-9,11,13,16,18H,4-5,10H2,1H3. The van der Waals surface area contributed by atoms with E-state index >= 15 is 0 Å². The molecule has 1 aliphatic carbocycles. The number of nitrogens with zero attached hydrogens (tertiary/aromatic N) is 1. The highest BCUT2D eigenvalue weighted by molar-refractivity contribution is 9.10. The van der Waals surface area contributed by atoms with Gasteiger partial charge in [-0.1, -0.05) is 28.1 Å². The number of hydrogen-bond donors (Lipinski definition) is 1. The van der Waals surface area contributed by atoms with Crippen molar-refractivity contribution in [3.8, 4) is 0 Å². The molecule has 2 nitrogen and oxygen atoms in total. The summed E-state index contributed by atoms with van der Waals surface area (Å²) in [5, 5.41) is 3.45. The summed E-state index contributed by atoms with van der Waals surface area (Å²) in [6.45, 7) is 0.939. The van der Waals surface area contributed by atoms with Gasteiger partial charge in [0, 0.05) is 29.5 Å². The van der Waals surface area contributed by atoms with E-state index in [0.717, 1.165) is 16.9 Å². The number of halogens is 1. The zero-order chi connectivity index (χ0) is 13.2. The molecule has 1 fully saturated rings. The molecule has 0 saturated heterocycles. The number of hydrogen-bond acceptors (Lipinski definition) is 1. The topological polar surface area (TPSA) is 17.0 Å². The molecule has 1 saturated carbocycles. The van der Waals surface area contributed by atoms with E-state index in [4.69, 9.17) is 0 Å². The molecule has 1 atom stereocenters. The van der Waals surface area contributed by atoms with Crippen molar-refractivity contribution in [1.82, 2.24) is 9.88 Å². The van der Waals surface area contributed by atoms with E-state index in [2.05, 4.69) is 75.6 Å². The first-order valence-electron chi connectivity index (χ1n) is 6.83. The van der Waals surface area contributed by atoms with Gasteiger partial charge in [-0.15, -0.1) is 0 Å². The van der Waals surface area contributed by atoms with E-state index in [9.17, 15) is 0 Å². The Morgan fingerprint density at radius 1 is 1.26 bits per heavy atom. The van der Waals surface area contributed by atoms with Gasteiger partial charge in [0.15, 0.2) is 0 Å². The molecule has 0 radical (unpaired) electrons. The first-order chi connectivity index (χ1) is 9.26. The SMILES string of the molecule is CNC(c1ccn(Cc2ccc(Br)cc2)c1)C1CC1. The highest BCUT2D eigenvalue weighted by Crippen LogP contribution is 2.40. The zero-order valence-corrected chi connectivity index (χ0v) is 12.7. The van der Waals surface area contributed by atoms with Crippen LogP contribution in [0, 0.1) is 5.92 Å². The normalized spacial score (nSPS) is 16.5. The van der Waals surface area contributed by atoms with E-state index < -0.39 is 0 Å². The van der Waals surface area contributed by atoms with Crippen molar-refractivity contribution in [1.29, 1.82) is 0 Å². The number of rotatable bonds is 5. The van der Waals surface area contributed by atoms with Crippen LogP contribution in [-0.2, 0) is 6.54 Å². The Hall–Kier alpha value is -1.06. The molecule has 3 heteroatoms. The molecule has 1 aliphatic rings. The maximum absolute atomic E-state index is 3.47. The zero-order valence-electron chi connectivity index (χ0n) is 11.1. The largest absolute Gasteiger partial charge is 0.350 e. The molecule has 0 spiro atoms. The first kappa shape index (κ1) is 12.9. The maximum Gasteiger partial charge on any atom is 0.0470 e. The molecule has 3 rings (SSSR count). The lowest BCUT2D eigenvalue weighted by Crippen LogP contribution is -2.17. The quantitative estimate of drug-likeness (QED) is 0.882. The van der Waals surface area contributed by atoms with Gasteiger partial charge in [0.1, 0.15) is 0 Å². The molecule has 1 unspecified atom stereocenters. The molecule has 100 valence electrons. The summed E-state index contributed by atoms with van der Waals surface area (Å²) >= 11 is 3.47. The third kappa shape index (κ3) is 3.10. The molecule has 19 heavy (non-hydrogen) atoms. The minimum Gasteiger partial charge on any atom is -0.350 e. The van der Waals surface area contributed by atoms with Crippen LogP contribution in [0.4, 0.5) is 0 Å². The van der Waals surface area contributed by atoms with E-state index in [-0.39, 0.29) is 0 Å². The van der Waals surface area contributed by atoms with Gasteiger partial charge in [0.25, 0.3) is 0 Å². The fourth-order valence-corrected chi connectivity index (χ4v) is 2.91. The molecule has 0 aliphatic heterocycles. The van der Waals surface area contributed by atoms with E-state index in [1.165, 1.54) is 24.0 Å². The Kier molecular flexibility index (Phi) is 3.76. The number of nitrogens with one attached hydrogen (secondary N) is 1. The van der Waals surface area contributed by atoms with Crippen LogP contribution in [0.1, 0.15) is 30.0 Å². The second kappa shape index (κ2) is 5.51. The second-order valence-corrected chi connectivity index (χ2v) is 6.26. The van der Waals surface area contributed by atoms with E-state index in [0.29, 0.717) is 6.04 Å². The molecule has 1 aromatic heterocycles. The van der Waals surface area contributed by atoms with Crippen LogP contribution in [0.25, 0.3) is 0 Å². The minimum absolute atomic E-state index is 0.533. The smallest absolute Gasteiger partial charge is 0.0470 e. The number of benzene rings is 1. The lowest BCUT2D eigenvalue weighted by atomic mass is 10.1. The van der Waals surface area contributed by atoms with Crippen LogP contribution in [0.2, 0.25) is 0 Å². The van der Waals surface area contributed by atoms with Crippen LogP contribution < -0.4 is 5.32 Å². The van der Waals surface area contributed by atoms with Gasteiger partial charge in [0.2, 0.25) is 0 Å². The predicted molar refractivity (Wildman–Crippen MR) is 82.2 cm³/mol. The third-order valence-electron chi connectivity index (χ3n) is 3.82. The molecular formula is C16H19BrN2. The summed E-state index contributed by atoms with van der Waals surface area (Å²) < 4.78 is 3.40.